The van der Waals surface area contributed by atoms with Crippen molar-refractivity contribution in [2.24, 2.45) is 0 Å². The number of hydrogen-bond donors (Lipinski definition) is 2. The Kier molecular flexibility index (Phi) is 6.62. The van der Waals surface area contributed by atoms with Gasteiger partial charge in [0.05, 0.1) is 6.42 Å². The zero-order valence-corrected chi connectivity index (χ0v) is 17.6. The second kappa shape index (κ2) is 9.74. The summed E-state index contributed by atoms with van der Waals surface area (Å²) in [6, 6.07) is 18.3. The number of nitrogens with one attached hydrogen (secondary N) is 1. The van der Waals surface area contributed by atoms with Gasteiger partial charge in [-0.2, -0.15) is 0 Å². The van der Waals surface area contributed by atoms with E-state index in [1.165, 1.54) is 16.0 Å². The van der Waals surface area contributed by atoms with Gasteiger partial charge in [-0.1, -0.05) is 42.5 Å². The molecule has 1 aliphatic rings. The van der Waals surface area contributed by atoms with E-state index in [2.05, 4.69) is 47.1 Å². The van der Waals surface area contributed by atoms with E-state index in [0.29, 0.717) is 6.61 Å². The molecule has 154 valence electrons. The van der Waals surface area contributed by atoms with E-state index < -0.39 is 5.97 Å². The van der Waals surface area contributed by atoms with Crippen LogP contribution in [0.5, 0.6) is 5.75 Å². The Morgan fingerprint density at radius 2 is 1.97 bits per heavy atom. The number of carboxylic acids is 1. The normalized spacial score (nSPS) is 13.9. The van der Waals surface area contributed by atoms with Crippen LogP contribution in [0.4, 0.5) is 0 Å². The third kappa shape index (κ3) is 4.99. The first-order valence-corrected chi connectivity index (χ1v) is 11.1. The molecule has 0 spiro atoms. The van der Waals surface area contributed by atoms with Crippen molar-refractivity contribution in [1.29, 1.82) is 0 Å². The van der Waals surface area contributed by atoms with Crippen LogP contribution in [-0.4, -0.2) is 24.2 Å². The van der Waals surface area contributed by atoms with E-state index in [1.807, 2.05) is 24.3 Å². The van der Waals surface area contributed by atoms with Crippen LogP contribution >= 0.6 is 11.3 Å². The predicted octanol–water partition coefficient (Wildman–Crippen LogP) is 4.92. The summed E-state index contributed by atoms with van der Waals surface area (Å²) in [4.78, 5) is 12.4. The fraction of sp³-hybridized carbons (Fsp3) is 0.240. The van der Waals surface area contributed by atoms with Gasteiger partial charge in [-0.25, -0.2) is 0 Å². The van der Waals surface area contributed by atoms with E-state index in [0.717, 1.165) is 48.4 Å². The molecule has 1 aromatic heterocycles. The zero-order valence-electron chi connectivity index (χ0n) is 16.8. The van der Waals surface area contributed by atoms with Gasteiger partial charge < -0.3 is 15.2 Å². The molecule has 0 saturated carbocycles. The summed E-state index contributed by atoms with van der Waals surface area (Å²) in [5.74, 6) is -0.00901. The van der Waals surface area contributed by atoms with Gasteiger partial charge in [0.1, 0.15) is 12.4 Å². The van der Waals surface area contributed by atoms with Crippen molar-refractivity contribution in [3.8, 4) is 5.75 Å². The summed E-state index contributed by atoms with van der Waals surface area (Å²) in [6.45, 7) is 2.37. The Morgan fingerprint density at radius 3 is 2.80 bits per heavy atom. The highest BCUT2D eigenvalue weighted by Gasteiger charge is 2.21. The molecule has 2 aromatic carbocycles. The number of hydrogen-bond acceptors (Lipinski definition) is 4. The molecule has 4 rings (SSSR count). The fourth-order valence-corrected chi connectivity index (χ4v) is 4.65. The van der Waals surface area contributed by atoms with Crippen LogP contribution in [-0.2, 0) is 24.2 Å². The van der Waals surface area contributed by atoms with E-state index in [-0.39, 0.29) is 6.42 Å². The minimum absolute atomic E-state index is 0.0128. The van der Waals surface area contributed by atoms with Crippen molar-refractivity contribution in [2.45, 2.75) is 25.9 Å². The number of benzene rings is 2. The maximum absolute atomic E-state index is 11.2. The summed E-state index contributed by atoms with van der Waals surface area (Å²) < 4.78 is 6.02. The molecule has 2 N–H and O–H groups in total. The SMILES string of the molecule is O=C(O)Cc1ccc2c(c1)C(=CCCNCCc1ccccc1)c1sccc1CO2. The number of ether oxygens (including phenoxy) is 1. The molecule has 30 heavy (non-hydrogen) atoms. The summed E-state index contributed by atoms with van der Waals surface area (Å²) >= 11 is 1.71. The maximum atomic E-state index is 11.2. The lowest BCUT2D eigenvalue weighted by Gasteiger charge is -2.11. The molecule has 5 heteroatoms. The highest BCUT2D eigenvalue weighted by molar-refractivity contribution is 7.11. The molecule has 0 amide bonds. The van der Waals surface area contributed by atoms with E-state index in [4.69, 9.17) is 4.74 Å². The van der Waals surface area contributed by atoms with Gasteiger partial charge in [0.25, 0.3) is 0 Å². The molecule has 0 unspecified atom stereocenters. The lowest BCUT2D eigenvalue weighted by atomic mass is 9.97. The summed E-state index contributed by atoms with van der Waals surface area (Å²) in [7, 11) is 0. The van der Waals surface area contributed by atoms with Crippen LogP contribution in [0, 0.1) is 0 Å². The second-order valence-corrected chi connectivity index (χ2v) is 8.27. The highest BCUT2D eigenvalue weighted by Crippen LogP contribution is 2.40. The number of aliphatic carboxylic acids is 1. The molecule has 1 aliphatic heterocycles. The average molecular weight is 420 g/mol. The fourth-order valence-electron chi connectivity index (χ4n) is 3.69. The topological polar surface area (TPSA) is 58.6 Å². The van der Waals surface area contributed by atoms with E-state index >= 15 is 0 Å². The second-order valence-electron chi connectivity index (χ2n) is 7.36. The van der Waals surface area contributed by atoms with Gasteiger partial charge in [0, 0.05) is 16.0 Å². The Morgan fingerprint density at radius 1 is 1.10 bits per heavy atom. The van der Waals surface area contributed by atoms with Crippen molar-refractivity contribution in [1.82, 2.24) is 5.32 Å². The molecule has 0 bridgehead atoms. The lowest BCUT2D eigenvalue weighted by molar-refractivity contribution is -0.136. The number of carboxylic acid groups (broad SMARTS) is 1. The number of rotatable bonds is 8. The molecule has 3 aromatic rings. The third-order valence-corrected chi connectivity index (χ3v) is 6.16. The molecule has 0 fully saturated rings. The number of fused-ring (bicyclic) bond motifs is 2. The van der Waals surface area contributed by atoms with Gasteiger partial charge in [0.2, 0.25) is 0 Å². The van der Waals surface area contributed by atoms with E-state index in [9.17, 15) is 9.90 Å². The first-order valence-electron chi connectivity index (χ1n) is 10.2. The van der Waals surface area contributed by atoms with Gasteiger partial charge in [0.15, 0.2) is 0 Å². The molecule has 0 saturated heterocycles. The Bertz CT molecular complexity index is 1040. The van der Waals surface area contributed by atoms with Crippen LogP contribution in [0.3, 0.4) is 0 Å². The van der Waals surface area contributed by atoms with Crippen molar-refractivity contribution in [2.75, 3.05) is 13.1 Å². The molecular formula is C25H25NO3S. The average Bonchev–Trinajstić information content (AvgIpc) is 3.15. The Balaban J connectivity index is 1.48. The van der Waals surface area contributed by atoms with Gasteiger partial charge in [-0.3, -0.25) is 4.79 Å². The lowest BCUT2D eigenvalue weighted by Crippen LogP contribution is -2.18. The highest BCUT2D eigenvalue weighted by atomic mass is 32.1. The molecule has 0 atom stereocenters. The molecule has 0 radical (unpaired) electrons. The van der Waals surface area contributed by atoms with Crippen LogP contribution < -0.4 is 10.1 Å². The van der Waals surface area contributed by atoms with Crippen molar-refractivity contribution in [3.05, 3.63) is 93.2 Å². The van der Waals surface area contributed by atoms with Gasteiger partial charge in [-0.05, 0) is 66.2 Å². The first kappa shape index (κ1) is 20.4. The summed E-state index contributed by atoms with van der Waals surface area (Å²) in [5.41, 5.74) is 5.44. The van der Waals surface area contributed by atoms with Crippen LogP contribution in [0.2, 0.25) is 0 Å². The molecule has 2 heterocycles. The largest absolute Gasteiger partial charge is 0.488 e. The number of carbonyl (C=O) groups is 1. The molecule has 0 aliphatic carbocycles. The van der Waals surface area contributed by atoms with Gasteiger partial charge in [-0.15, -0.1) is 11.3 Å². The maximum Gasteiger partial charge on any atom is 0.307 e. The Labute approximate surface area is 180 Å². The van der Waals surface area contributed by atoms with E-state index in [1.54, 1.807) is 11.3 Å². The van der Waals surface area contributed by atoms with Crippen LogP contribution in [0.25, 0.3) is 5.57 Å². The molecular weight excluding hydrogens is 394 g/mol. The van der Waals surface area contributed by atoms with Crippen LogP contribution in [0.1, 0.15) is 33.6 Å². The zero-order chi connectivity index (χ0) is 20.8. The summed E-state index contributed by atoms with van der Waals surface area (Å²) in [6.07, 6.45) is 4.17. The standard InChI is InChI=1S/C25H25NO3S/c27-24(28)16-19-8-9-23-22(15-19)21(25-20(17-29-23)11-14-30-25)7-4-12-26-13-10-18-5-2-1-3-6-18/h1-3,5-9,11,14-15,26H,4,10,12-13,16-17H2,(H,27,28). The molecule has 4 nitrogen and oxygen atoms in total. The van der Waals surface area contributed by atoms with Crippen molar-refractivity contribution in [3.63, 3.8) is 0 Å². The quantitative estimate of drug-likeness (QED) is 0.509. The monoisotopic (exact) mass is 419 g/mol. The Hall–Kier alpha value is -2.89. The van der Waals surface area contributed by atoms with Crippen molar-refractivity contribution < 1.29 is 14.6 Å². The first-order chi connectivity index (χ1) is 14.7. The van der Waals surface area contributed by atoms with Gasteiger partial charge >= 0.3 is 5.97 Å². The summed E-state index contributed by atoms with van der Waals surface area (Å²) in [5, 5.41) is 14.8. The van der Waals surface area contributed by atoms with Crippen molar-refractivity contribution >= 4 is 22.9 Å². The smallest absolute Gasteiger partial charge is 0.307 e. The minimum Gasteiger partial charge on any atom is -0.488 e. The minimum atomic E-state index is -0.825. The third-order valence-electron chi connectivity index (χ3n) is 5.17. The van der Waals surface area contributed by atoms with Crippen LogP contribution in [0.15, 0.2) is 66.1 Å². The predicted molar refractivity (Wildman–Crippen MR) is 121 cm³/mol. The number of thiophene rings is 1.